The normalized spacial score (nSPS) is 22.8. The first-order valence-electron chi connectivity index (χ1n) is 8.53. The van der Waals surface area contributed by atoms with Gasteiger partial charge >= 0.3 is 0 Å². The molecule has 3 aliphatic rings. The average Bonchev–Trinajstić information content (AvgIpc) is 3.41. The Morgan fingerprint density at radius 3 is 2.91 bits per heavy atom. The number of nitrogens with one attached hydrogen (secondary N) is 2. The highest BCUT2D eigenvalue weighted by Gasteiger charge is 2.30. The van der Waals surface area contributed by atoms with E-state index in [0.717, 1.165) is 12.8 Å². The first-order chi connectivity index (χ1) is 11.3. The third kappa shape index (κ3) is 3.63. The Bertz CT molecular complexity index is 764. The van der Waals surface area contributed by atoms with Crippen molar-refractivity contribution in [2.45, 2.75) is 49.6 Å². The molecule has 1 saturated carbocycles. The summed E-state index contributed by atoms with van der Waals surface area (Å²) in [5.74, 6) is 0.418. The summed E-state index contributed by atoms with van der Waals surface area (Å²) < 4.78 is 0. The van der Waals surface area contributed by atoms with Crippen LogP contribution in [0.5, 0.6) is 0 Å². The highest BCUT2D eigenvalue weighted by Crippen LogP contribution is 2.32. The Balaban J connectivity index is 1.49. The third-order valence-electron chi connectivity index (χ3n) is 4.57. The maximum Gasteiger partial charge on any atom is 0.224 e. The standard InChI is InChI=1S/C19H22N2OS/c22-19(13-6-7-13)21-18-11-14-8-9-17(10-15(14)12-20-18)23-16-4-2-1-3-5-16/h4,8-13,18,20H,1-3,5-7H2,(H,21,22). The molecule has 120 valence electrons. The zero-order chi connectivity index (χ0) is 15.6. The van der Waals surface area contributed by atoms with Crippen LogP contribution < -0.4 is 21.1 Å². The van der Waals surface area contributed by atoms with Crippen molar-refractivity contribution in [3.63, 3.8) is 0 Å². The van der Waals surface area contributed by atoms with E-state index in [4.69, 9.17) is 0 Å². The fourth-order valence-corrected chi connectivity index (χ4v) is 4.13. The molecule has 4 rings (SSSR count). The molecule has 1 aliphatic heterocycles. The van der Waals surface area contributed by atoms with Gasteiger partial charge in [-0.3, -0.25) is 4.79 Å². The van der Waals surface area contributed by atoms with Crippen LogP contribution in [0.1, 0.15) is 38.5 Å². The Hall–Kier alpha value is -1.68. The molecule has 0 saturated heterocycles. The first-order valence-corrected chi connectivity index (χ1v) is 9.35. The van der Waals surface area contributed by atoms with Crippen molar-refractivity contribution in [2.75, 3.05) is 0 Å². The second kappa shape index (κ2) is 6.44. The molecule has 0 aromatic heterocycles. The molecule has 0 radical (unpaired) electrons. The van der Waals surface area contributed by atoms with Gasteiger partial charge in [-0.15, -0.1) is 0 Å². The van der Waals surface area contributed by atoms with E-state index in [1.165, 1.54) is 45.9 Å². The molecule has 3 nitrogen and oxygen atoms in total. The van der Waals surface area contributed by atoms with E-state index in [9.17, 15) is 4.79 Å². The summed E-state index contributed by atoms with van der Waals surface area (Å²) >= 11 is 1.89. The van der Waals surface area contributed by atoms with Crippen molar-refractivity contribution in [1.29, 1.82) is 0 Å². The Labute approximate surface area is 140 Å². The number of thioether (sulfide) groups is 1. The van der Waals surface area contributed by atoms with Crippen LogP contribution >= 0.6 is 11.8 Å². The summed E-state index contributed by atoms with van der Waals surface area (Å²) in [6, 6.07) is 6.58. The fraction of sp³-hybridized carbons (Fsp3) is 0.421. The predicted molar refractivity (Wildman–Crippen MR) is 94.8 cm³/mol. The van der Waals surface area contributed by atoms with Crippen molar-refractivity contribution < 1.29 is 4.79 Å². The van der Waals surface area contributed by atoms with Gasteiger partial charge in [0.1, 0.15) is 6.17 Å². The Kier molecular flexibility index (Phi) is 4.17. The van der Waals surface area contributed by atoms with Crippen molar-refractivity contribution in [1.82, 2.24) is 10.6 Å². The van der Waals surface area contributed by atoms with Gasteiger partial charge in [-0.1, -0.05) is 23.9 Å². The number of benzene rings is 1. The summed E-state index contributed by atoms with van der Waals surface area (Å²) in [6.07, 6.45) is 13.6. The van der Waals surface area contributed by atoms with E-state index >= 15 is 0 Å². The van der Waals surface area contributed by atoms with Crippen LogP contribution in [0.2, 0.25) is 0 Å². The molecule has 1 heterocycles. The number of amides is 1. The van der Waals surface area contributed by atoms with Crippen LogP contribution in [0.15, 0.2) is 34.1 Å². The lowest BCUT2D eigenvalue weighted by molar-refractivity contribution is -0.122. The van der Waals surface area contributed by atoms with E-state index < -0.39 is 0 Å². The van der Waals surface area contributed by atoms with Crippen LogP contribution in [0.25, 0.3) is 12.3 Å². The Morgan fingerprint density at radius 1 is 1.22 bits per heavy atom. The van der Waals surface area contributed by atoms with Gasteiger partial charge in [0.2, 0.25) is 5.91 Å². The molecule has 0 spiro atoms. The first kappa shape index (κ1) is 14.9. The number of hydrogen-bond acceptors (Lipinski definition) is 3. The van der Waals surface area contributed by atoms with Gasteiger partial charge in [0.05, 0.1) is 0 Å². The molecular formula is C19H22N2OS. The topological polar surface area (TPSA) is 41.1 Å². The SMILES string of the molecule is O=C(NC1C=c2ccc(SC3=CCCCC3)cc2=CN1)C1CC1. The highest BCUT2D eigenvalue weighted by atomic mass is 32.2. The highest BCUT2D eigenvalue weighted by molar-refractivity contribution is 8.03. The summed E-state index contributed by atoms with van der Waals surface area (Å²) in [7, 11) is 0. The minimum Gasteiger partial charge on any atom is -0.368 e. The van der Waals surface area contributed by atoms with E-state index in [1.54, 1.807) is 0 Å². The predicted octanol–water partition coefficient (Wildman–Crippen LogP) is 2.21. The van der Waals surface area contributed by atoms with Crippen LogP contribution in [0, 0.1) is 5.92 Å². The summed E-state index contributed by atoms with van der Waals surface area (Å²) in [5, 5.41) is 8.72. The molecule has 2 N–H and O–H groups in total. The van der Waals surface area contributed by atoms with Crippen LogP contribution in [-0.2, 0) is 4.79 Å². The maximum atomic E-state index is 11.9. The summed E-state index contributed by atoms with van der Waals surface area (Å²) in [6.45, 7) is 0. The minimum absolute atomic E-state index is 0.0878. The van der Waals surface area contributed by atoms with E-state index in [1.807, 2.05) is 18.0 Å². The van der Waals surface area contributed by atoms with Gasteiger partial charge < -0.3 is 10.6 Å². The molecule has 1 aromatic rings. The van der Waals surface area contributed by atoms with Crippen LogP contribution in [0.3, 0.4) is 0 Å². The number of fused-ring (bicyclic) bond motifs is 1. The zero-order valence-electron chi connectivity index (χ0n) is 13.2. The van der Waals surface area contributed by atoms with Gasteiger partial charge in [-0.2, -0.15) is 0 Å². The largest absolute Gasteiger partial charge is 0.368 e. The van der Waals surface area contributed by atoms with Gasteiger partial charge in [0.15, 0.2) is 0 Å². The molecule has 4 heteroatoms. The second-order valence-electron chi connectivity index (χ2n) is 6.55. The third-order valence-corrected chi connectivity index (χ3v) is 5.69. The molecule has 1 amide bonds. The molecule has 23 heavy (non-hydrogen) atoms. The molecule has 1 fully saturated rings. The van der Waals surface area contributed by atoms with Crippen molar-refractivity contribution in [3.05, 3.63) is 39.6 Å². The lowest BCUT2D eigenvalue weighted by Gasteiger charge is -2.18. The van der Waals surface area contributed by atoms with E-state index in [0.29, 0.717) is 0 Å². The lowest BCUT2D eigenvalue weighted by Crippen LogP contribution is -2.48. The molecular weight excluding hydrogens is 304 g/mol. The van der Waals surface area contributed by atoms with E-state index in [-0.39, 0.29) is 18.0 Å². The van der Waals surface area contributed by atoms with Gasteiger partial charge in [-0.25, -0.2) is 0 Å². The molecule has 1 unspecified atom stereocenters. The zero-order valence-corrected chi connectivity index (χ0v) is 14.0. The molecule has 1 atom stereocenters. The minimum atomic E-state index is -0.0878. The van der Waals surface area contributed by atoms with E-state index in [2.05, 4.69) is 41.0 Å². The van der Waals surface area contributed by atoms with Gasteiger partial charge in [0.25, 0.3) is 0 Å². The fourth-order valence-electron chi connectivity index (χ4n) is 3.05. The second-order valence-corrected chi connectivity index (χ2v) is 7.75. The molecule has 1 aromatic carbocycles. The van der Waals surface area contributed by atoms with Gasteiger partial charge in [0, 0.05) is 17.0 Å². The van der Waals surface area contributed by atoms with Crippen molar-refractivity contribution in [3.8, 4) is 0 Å². The molecule has 2 aliphatic carbocycles. The average molecular weight is 326 g/mol. The summed E-state index contributed by atoms with van der Waals surface area (Å²) in [4.78, 5) is 14.7. The number of carbonyl (C=O) groups excluding carboxylic acids is 1. The van der Waals surface area contributed by atoms with Crippen molar-refractivity contribution >= 4 is 29.9 Å². The van der Waals surface area contributed by atoms with Crippen molar-refractivity contribution in [2.24, 2.45) is 5.92 Å². The number of hydrogen-bond donors (Lipinski definition) is 2. The van der Waals surface area contributed by atoms with Crippen LogP contribution in [-0.4, -0.2) is 12.1 Å². The number of rotatable bonds is 4. The monoisotopic (exact) mass is 326 g/mol. The number of allylic oxidation sites excluding steroid dienone is 2. The maximum absolute atomic E-state index is 11.9. The Morgan fingerprint density at radius 2 is 2.13 bits per heavy atom. The number of carbonyl (C=O) groups is 1. The lowest BCUT2D eigenvalue weighted by atomic mass is 10.1. The quantitative estimate of drug-likeness (QED) is 0.891. The van der Waals surface area contributed by atoms with Crippen LogP contribution in [0.4, 0.5) is 0 Å². The smallest absolute Gasteiger partial charge is 0.224 e. The molecule has 0 bridgehead atoms. The summed E-state index contributed by atoms with van der Waals surface area (Å²) in [5.41, 5.74) is 0. The van der Waals surface area contributed by atoms with Gasteiger partial charge in [-0.05, 0) is 72.1 Å².